The maximum Gasteiger partial charge on any atom is 0.184 e. The van der Waals surface area contributed by atoms with Crippen LogP contribution in [0.5, 0.6) is 0 Å². The van der Waals surface area contributed by atoms with Crippen molar-refractivity contribution in [2.45, 2.75) is 0 Å². The lowest BCUT2D eigenvalue weighted by molar-refractivity contribution is 0.313. The molecule has 2 aromatic rings. The Balaban J connectivity index is 1.57. The summed E-state index contributed by atoms with van der Waals surface area (Å²) in [6, 6.07) is 10.2. The molecule has 0 unspecified atom stereocenters. The van der Waals surface area contributed by atoms with Gasteiger partial charge in [-0.25, -0.2) is 8.78 Å². The predicted octanol–water partition coefficient (Wildman–Crippen LogP) is 2.21. The third-order valence-electron chi connectivity index (χ3n) is 6.13. The molecule has 3 N–H and O–H groups in total. The molecular formula is C23H29F2N7S. The second-order valence-electron chi connectivity index (χ2n) is 8.31. The van der Waals surface area contributed by atoms with E-state index in [0.717, 1.165) is 31.9 Å². The first-order valence-electron chi connectivity index (χ1n) is 11.0. The minimum absolute atomic E-state index is 0.0530. The van der Waals surface area contributed by atoms with Crippen LogP contribution in [-0.2, 0) is 0 Å². The summed E-state index contributed by atoms with van der Waals surface area (Å²) in [4.78, 5) is 8.56. The van der Waals surface area contributed by atoms with Crippen molar-refractivity contribution in [3.05, 3.63) is 53.6 Å². The molecule has 4 rings (SSSR count). The van der Waals surface area contributed by atoms with Crippen molar-refractivity contribution in [1.29, 1.82) is 0 Å². The fourth-order valence-corrected chi connectivity index (χ4v) is 4.35. The third-order valence-corrected chi connectivity index (χ3v) is 6.22. The van der Waals surface area contributed by atoms with Crippen LogP contribution in [0.2, 0.25) is 0 Å². The Bertz CT molecular complexity index is 1020. The van der Waals surface area contributed by atoms with Crippen molar-refractivity contribution in [2.24, 2.45) is 10.8 Å². The molecule has 0 amide bonds. The van der Waals surface area contributed by atoms with Gasteiger partial charge in [0.2, 0.25) is 0 Å². The summed E-state index contributed by atoms with van der Waals surface area (Å²) in [5.74, 6) is -0.548. The van der Waals surface area contributed by atoms with Gasteiger partial charge in [-0.05, 0) is 43.5 Å². The Morgan fingerprint density at radius 1 is 0.879 bits per heavy atom. The number of nitrogens with two attached hydrogens (primary N) is 1. The molecule has 0 aliphatic carbocycles. The molecule has 2 aromatic carbocycles. The molecule has 176 valence electrons. The SMILES string of the molecule is CN1CCN(c2cc(N3CCN(c4ccccc4F)CC3)c(F)cc2/C=N/NC(N)=S)CC1. The lowest BCUT2D eigenvalue weighted by atomic mass is 10.1. The van der Waals surface area contributed by atoms with Gasteiger partial charge in [0.05, 0.1) is 17.6 Å². The molecule has 2 heterocycles. The lowest BCUT2D eigenvalue weighted by Crippen LogP contribution is -2.47. The number of hydrogen-bond donors (Lipinski definition) is 2. The van der Waals surface area contributed by atoms with Gasteiger partial charge in [0.15, 0.2) is 5.11 Å². The van der Waals surface area contributed by atoms with Gasteiger partial charge in [0.25, 0.3) is 0 Å². The molecule has 0 aromatic heterocycles. The molecule has 0 bridgehead atoms. The van der Waals surface area contributed by atoms with Crippen molar-refractivity contribution < 1.29 is 8.78 Å². The number of halogens is 2. The quantitative estimate of drug-likeness (QED) is 0.392. The number of piperazine rings is 2. The zero-order valence-corrected chi connectivity index (χ0v) is 19.5. The molecule has 33 heavy (non-hydrogen) atoms. The number of nitrogens with zero attached hydrogens (tertiary/aromatic N) is 5. The number of hydrogen-bond acceptors (Lipinski definition) is 6. The lowest BCUT2D eigenvalue weighted by Gasteiger charge is -2.39. The summed E-state index contributed by atoms with van der Waals surface area (Å²) < 4.78 is 29.4. The maximum atomic E-state index is 15.2. The number of benzene rings is 2. The molecule has 2 saturated heterocycles. The topological polar surface area (TPSA) is 63.4 Å². The fourth-order valence-electron chi connectivity index (χ4n) is 4.30. The van der Waals surface area contributed by atoms with Crippen LogP contribution in [0.4, 0.5) is 25.8 Å². The van der Waals surface area contributed by atoms with Gasteiger partial charge in [-0.1, -0.05) is 12.1 Å². The van der Waals surface area contributed by atoms with Crippen LogP contribution in [0.15, 0.2) is 41.5 Å². The average Bonchev–Trinajstić information content (AvgIpc) is 2.80. The highest BCUT2D eigenvalue weighted by atomic mass is 32.1. The summed E-state index contributed by atoms with van der Waals surface area (Å²) >= 11 is 4.80. The summed E-state index contributed by atoms with van der Waals surface area (Å²) in [6.07, 6.45) is 1.55. The number of nitrogens with one attached hydrogen (secondary N) is 1. The van der Waals surface area contributed by atoms with E-state index in [2.05, 4.69) is 27.4 Å². The Morgan fingerprint density at radius 2 is 1.45 bits per heavy atom. The van der Waals surface area contributed by atoms with Gasteiger partial charge in [0.1, 0.15) is 11.6 Å². The van der Waals surface area contributed by atoms with Gasteiger partial charge in [0, 0.05) is 63.6 Å². The Kier molecular flexibility index (Phi) is 7.24. The molecule has 10 heteroatoms. The Morgan fingerprint density at radius 3 is 2.09 bits per heavy atom. The number of rotatable bonds is 5. The molecule has 7 nitrogen and oxygen atoms in total. The molecule has 0 radical (unpaired) electrons. The van der Waals surface area contributed by atoms with Crippen LogP contribution in [0, 0.1) is 11.6 Å². The summed E-state index contributed by atoms with van der Waals surface area (Å²) in [5.41, 5.74) is 10.7. The van der Waals surface area contributed by atoms with Crippen molar-refractivity contribution in [3.8, 4) is 0 Å². The molecule has 0 atom stereocenters. The highest BCUT2D eigenvalue weighted by molar-refractivity contribution is 7.80. The van der Waals surface area contributed by atoms with E-state index in [1.165, 1.54) is 12.1 Å². The summed E-state index contributed by atoms with van der Waals surface area (Å²) in [5, 5.41) is 4.10. The van der Waals surface area contributed by atoms with E-state index in [9.17, 15) is 4.39 Å². The third kappa shape index (κ3) is 5.51. The molecule has 0 saturated carbocycles. The van der Waals surface area contributed by atoms with Gasteiger partial charge < -0.3 is 25.3 Å². The summed E-state index contributed by atoms with van der Waals surface area (Å²) in [6.45, 7) is 5.97. The van der Waals surface area contributed by atoms with Crippen LogP contribution in [0.25, 0.3) is 0 Å². The van der Waals surface area contributed by atoms with Crippen molar-refractivity contribution in [3.63, 3.8) is 0 Å². The highest BCUT2D eigenvalue weighted by Crippen LogP contribution is 2.31. The maximum absolute atomic E-state index is 15.2. The Hall–Kier alpha value is -2.98. The first-order chi connectivity index (χ1) is 15.9. The minimum atomic E-state index is -0.316. The first kappa shape index (κ1) is 23.2. The predicted molar refractivity (Wildman–Crippen MR) is 134 cm³/mol. The van der Waals surface area contributed by atoms with Crippen molar-refractivity contribution in [1.82, 2.24) is 10.3 Å². The van der Waals surface area contributed by atoms with Gasteiger partial charge >= 0.3 is 0 Å². The monoisotopic (exact) mass is 473 g/mol. The molecule has 0 spiro atoms. The molecular weight excluding hydrogens is 444 g/mol. The number of likely N-dealkylation sites (N-methyl/N-ethyl adjacent to an activating group) is 1. The zero-order valence-electron chi connectivity index (χ0n) is 18.7. The standard InChI is InChI=1S/C23H29F2N7S/c1-29-6-8-31(9-7-29)21-15-22(19(25)14-17(21)16-27-28-23(26)33)32-12-10-30(11-13-32)20-5-3-2-4-18(20)24/h2-5,14-16H,6-13H2,1H3,(H3,26,28,33)/b27-16+. The smallest absolute Gasteiger partial charge is 0.184 e. The van der Waals surface area contributed by atoms with E-state index >= 15 is 4.39 Å². The van der Waals surface area contributed by atoms with Crippen LogP contribution in [0.3, 0.4) is 0 Å². The number of hydrazone groups is 1. The van der Waals surface area contributed by atoms with E-state index in [4.69, 9.17) is 18.0 Å². The fraction of sp³-hybridized carbons (Fsp3) is 0.391. The van der Waals surface area contributed by atoms with Crippen molar-refractivity contribution in [2.75, 3.05) is 74.1 Å². The molecule has 2 fully saturated rings. The van der Waals surface area contributed by atoms with E-state index < -0.39 is 0 Å². The number of thiocarbonyl (C=S) groups is 1. The van der Waals surface area contributed by atoms with E-state index in [1.54, 1.807) is 18.3 Å². The zero-order chi connectivity index (χ0) is 23.4. The van der Waals surface area contributed by atoms with Gasteiger partial charge in [-0.3, -0.25) is 5.43 Å². The number of anilines is 3. The van der Waals surface area contributed by atoms with Gasteiger partial charge in [-0.2, -0.15) is 5.10 Å². The van der Waals surface area contributed by atoms with E-state index in [1.807, 2.05) is 21.9 Å². The van der Waals surface area contributed by atoms with Gasteiger partial charge in [-0.15, -0.1) is 0 Å². The first-order valence-corrected chi connectivity index (χ1v) is 11.4. The van der Waals surface area contributed by atoms with Crippen LogP contribution < -0.4 is 25.9 Å². The number of para-hydroxylation sites is 1. The van der Waals surface area contributed by atoms with Crippen LogP contribution in [-0.4, -0.2) is 75.6 Å². The second-order valence-corrected chi connectivity index (χ2v) is 8.75. The van der Waals surface area contributed by atoms with E-state index in [-0.39, 0.29) is 16.7 Å². The van der Waals surface area contributed by atoms with E-state index in [0.29, 0.717) is 43.1 Å². The minimum Gasteiger partial charge on any atom is -0.375 e. The van der Waals surface area contributed by atoms with Crippen molar-refractivity contribution >= 4 is 40.6 Å². The highest BCUT2D eigenvalue weighted by Gasteiger charge is 2.24. The van der Waals surface area contributed by atoms with Crippen LogP contribution >= 0.6 is 12.2 Å². The normalized spacial score (nSPS) is 17.6. The molecule has 2 aliphatic rings. The molecule has 2 aliphatic heterocycles. The van der Waals surface area contributed by atoms with Crippen LogP contribution in [0.1, 0.15) is 5.56 Å². The largest absolute Gasteiger partial charge is 0.375 e. The average molecular weight is 474 g/mol. The Labute approximate surface area is 198 Å². The second kappa shape index (κ2) is 10.3. The summed E-state index contributed by atoms with van der Waals surface area (Å²) in [7, 11) is 2.09.